The number of pyridine rings is 1. The van der Waals surface area contributed by atoms with E-state index in [0.29, 0.717) is 25.2 Å². The molecule has 6 atom stereocenters. The molecule has 3 aliphatic heterocycles. The number of allylic oxidation sites excluding steroid dienone is 1. The monoisotopic (exact) mass is 803 g/mol. The molecule has 1 fully saturated rings. The van der Waals surface area contributed by atoms with Crippen molar-refractivity contribution in [3.05, 3.63) is 86.0 Å². The second kappa shape index (κ2) is 15.1. The zero-order chi connectivity index (χ0) is 41.1. The Bertz CT molecular complexity index is 2270. The number of aromatic nitrogens is 1. The van der Waals surface area contributed by atoms with Gasteiger partial charge in [-0.1, -0.05) is 44.5 Å². The number of aliphatic hydroxyl groups is 1. The van der Waals surface area contributed by atoms with Gasteiger partial charge in [0.2, 0.25) is 23.2 Å². The first kappa shape index (κ1) is 39.7. The van der Waals surface area contributed by atoms with Crippen molar-refractivity contribution >= 4 is 35.0 Å². The van der Waals surface area contributed by atoms with Gasteiger partial charge in [0, 0.05) is 73.6 Å². The number of aromatic hydroxyl groups is 1. The lowest BCUT2D eigenvalue weighted by atomic mass is 9.69. The van der Waals surface area contributed by atoms with Gasteiger partial charge in [0.05, 0.1) is 21.3 Å². The minimum absolute atomic E-state index is 0.0303. The molecule has 3 aromatic rings. The van der Waals surface area contributed by atoms with E-state index in [-0.39, 0.29) is 80.5 Å². The second-order valence-electron chi connectivity index (χ2n) is 15.7. The first-order valence-electron chi connectivity index (χ1n) is 18.9. The van der Waals surface area contributed by atoms with Crippen LogP contribution in [0.5, 0.6) is 28.7 Å². The van der Waals surface area contributed by atoms with Crippen LogP contribution in [0.3, 0.4) is 0 Å². The molecule has 1 saturated heterocycles. The van der Waals surface area contributed by atoms with Crippen LogP contribution in [0.25, 0.3) is 0 Å². The summed E-state index contributed by atoms with van der Waals surface area (Å²) in [4.78, 5) is 71.5. The van der Waals surface area contributed by atoms with Gasteiger partial charge in [-0.05, 0) is 42.0 Å². The summed E-state index contributed by atoms with van der Waals surface area (Å²) >= 11 is 6.64. The number of benzene rings is 2. The van der Waals surface area contributed by atoms with Gasteiger partial charge in [-0.3, -0.25) is 24.0 Å². The molecule has 6 unspecified atom stereocenters. The van der Waals surface area contributed by atoms with Crippen molar-refractivity contribution in [1.29, 1.82) is 0 Å². The molecule has 3 N–H and O–H groups in total. The number of aliphatic hydroxyl groups excluding tert-OH is 1. The fraction of sp³-hybridized carbons (Fsp3) is 0.452. The van der Waals surface area contributed by atoms with Crippen LogP contribution in [0.4, 0.5) is 0 Å². The highest BCUT2D eigenvalue weighted by atomic mass is 35.5. The number of hydrogen-bond acceptors (Lipinski definition) is 11. The number of rotatable bonds is 10. The largest absolute Gasteiger partial charge is 0.507 e. The Labute approximate surface area is 334 Å². The molecule has 4 aliphatic rings. The Hall–Kier alpha value is -5.50. The molecule has 1 aromatic heterocycles. The van der Waals surface area contributed by atoms with Crippen molar-refractivity contribution in [1.82, 2.24) is 14.8 Å². The minimum atomic E-state index is -2.11. The molecule has 14 nitrogen and oxygen atoms in total. The summed E-state index contributed by atoms with van der Waals surface area (Å²) in [5.41, 5.74) is -1.26. The number of amides is 2. The average Bonchev–Trinajstić information content (AvgIpc) is 3.50. The fourth-order valence-corrected chi connectivity index (χ4v) is 9.31. The van der Waals surface area contributed by atoms with Crippen LogP contribution in [0.2, 0.25) is 5.02 Å². The smallest absolute Gasteiger partial charge is 0.250 e. The summed E-state index contributed by atoms with van der Waals surface area (Å²) in [5, 5.41) is 25.7. The maximum absolute atomic E-state index is 14.5. The number of hydrogen-bond donors (Lipinski definition) is 3. The Morgan fingerprint density at radius 3 is 2.39 bits per heavy atom. The summed E-state index contributed by atoms with van der Waals surface area (Å²) in [7, 11) is 4.09. The number of methoxy groups -OCH3 is 3. The third-order valence-corrected chi connectivity index (χ3v) is 12.3. The van der Waals surface area contributed by atoms with Crippen molar-refractivity contribution in [2.45, 2.75) is 70.1 Å². The van der Waals surface area contributed by atoms with Gasteiger partial charge in [-0.15, -0.1) is 0 Å². The standard InChI is InChI=1S/C42H46ClN3O11/c1-20(2)37(41(53)45-17-22-13-24(19-45)26-8-7-9-33(50)46(26)18-22)44-32(49)15-25(23-10-11-27(47)29(14-23)54-4)34-28(48)12-21(3)42(39(34)51)40(52)35-30(55-5)16-31(56-6)36(43)38(35)57-42/h7-11,14,16,20-22,24-25,37,47,51H,12-13,15,17-19H2,1-6H3,(H,44,49). The molecule has 1 aliphatic carbocycles. The van der Waals surface area contributed by atoms with Gasteiger partial charge in [0.15, 0.2) is 28.8 Å². The minimum Gasteiger partial charge on any atom is -0.507 e. The van der Waals surface area contributed by atoms with Crippen LogP contribution in [-0.4, -0.2) is 89.1 Å². The molecule has 4 heterocycles. The van der Waals surface area contributed by atoms with Crippen molar-refractivity contribution in [3.8, 4) is 28.7 Å². The maximum Gasteiger partial charge on any atom is 0.250 e. The van der Waals surface area contributed by atoms with Crippen LogP contribution in [0.1, 0.15) is 73.5 Å². The van der Waals surface area contributed by atoms with Gasteiger partial charge in [-0.2, -0.15) is 0 Å². The highest BCUT2D eigenvalue weighted by Gasteiger charge is 2.61. The molecule has 302 valence electrons. The number of likely N-dealkylation sites (tertiary alicyclic amines) is 1. The first-order chi connectivity index (χ1) is 27.1. The number of phenols is 1. The van der Waals surface area contributed by atoms with Crippen molar-refractivity contribution in [2.24, 2.45) is 17.8 Å². The van der Waals surface area contributed by atoms with E-state index in [1.165, 1.54) is 51.7 Å². The third kappa shape index (κ3) is 6.57. The third-order valence-electron chi connectivity index (χ3n) is 11.9. The van der Waals surface area contributed by atoms with Crippen LogP contribution in [0.15, 0.2) is 58.6 Å². The van der Waals surface area contributed by atoms with Gasteiger partial charge >= 0.3 is 0 Å². The first-order valence-corrected chi connectivity index (χ1v) is 19.3. The Morgan fingerprint density at radius 1 is 0.982 bits per heavy atom. The van der Waals surface area contributed by atoms with Crippen molar-refractivity contribution in [2.75, 3.05) is 34.4 Å². The van der Waals surface area contributed by atoms with E-state index >= 15 is 0 Å². The van der Waals surface area contributed by atoms with Crippen LogP contribution in [0, 0.1) is 17.8 Å². The van der Waals surface area contributed by atoms with E-state index in [1.54, 1.807) is 22.5 Å². The lowest BCUT2D eigenvalue weighted by Gasteiger charge is -2.44. The predicted molar refractivity (Wildman–Crippen MR) is 208 cm³/mol. The quantitative estimate of drug-likeness (QED) is 0.253. The molecule has 0 saturated carbocycles. The van der Waals surface area contributed by atoms with Crippen LogP contribution < -0.4 is 29.8 Å². The number of carbonyl (C=O) groups excluding carboxylic acids is 4. The van der Waals surface area contributed by atoms with Crippen molar-refractivity contribution < 1.29 is 48.3 Å². The number of halogens is 1. The highest BCUT2D eigenvalue weighted by Crippen LogP contribution is 2.56. The molecule has 2 bridgehead atoms. The summed E-state index contributed by atoms with van der Waals surface area (Å²) < 4.78 is 24.4. The van der Waals surface area contributed by atoms with Gasteiger partial charge in [0.1, 0.15) is 28.1 Å². The number of phenolic OH excluding ortho intramolecular Hbond substituents is 1. The summed E-state index contributed by atoms with van der Waals surface area (Å²) in [6.07, 6.45) is 0.157. The summed E-state index contributed by atoms with van der Waals surface area (Å²) in [6.45, 7) is 6.57. The molecular formula is C42H46ClN3O11. The number of ketones is 2. The van der Waals surface area contributed by atoms with E-state index in [2.05, 4.69) is 5.32 Å². The number of fused-ring (bicyclic) bond motifs is 5. The number of ether oxygens (including phenoxy) is 4. The molecular weight excluding hydrogens is 758 g/mol. The highest BCUT2D eigenvalue weighted by molar-refractivity contribution is 6.35. The van der Waals surface area contributed by atoms with E-state index in [9.17, 15) is 34.2 Å². The lowest BCUT2D eigenvalue weighted by molar-refractivity contribution is -0.140. The topological polar surface area (TPSA) is 183 Å². The molecule has 2 amide bonds. The number of nitrogens with one attached hydrogen (secondary N) is 1. The maximum atomic E-state index is 14.5. The zero-order valence-electron chi connectivity index (χ0n) is 32.6. The molecule has 0 radical (unpaired) electrons. The van der Waals surface area contributed by atoms with E-state index in [4.69, 9.17) is 30.5 Å². The van der Waals surface area contributed by atoms with E-state index in [1.807, 2.05) is 19.9 Å². The zero-order valence-corrected chi connectivity index (χ0v) is 33.3. The number of carbonyl (C=O) groups is 4. The average molecular weight is 804 g/mol. The van der Waals surface area contributed by atoms with Crippen LogP contribution in [-0.2, 0) is 20.9 Å². The fourth-order valence-electron chi connectivity index (χ4n) is 9.04. The van der Waals surface area contributed by atoms with E-state index < -0.39 is 53.1 Å². The molecule has 2 aromatic carbocycles. The Kier molecular flexibility index (Phi) is 10.5. The summed E-state index contributed by atoms with van der Waals surface area (Å²) in [6, 6.07) is 9.96. The van der Waals surface area contributed by atoms with Gasteiger partial charge in [-0.25, -0.2) is 0 Å². The number of Topliss-reactive ketones (excluding diaryl/α,β-unsaturated/α-hetero) is 2. The lowest BCUT2D eigenvalue weighted by Crippen LogP contribution is -2.56. The molecule has 57 heavy (non-hydrogen) atoms. The van der Waals surface area contributed by atoms with Gasteiger partial charge < -0.3 is 43.9 Å². The SMILES string of the molecule is COc1cc(C(CC(=O)NC(C(=O)N2CC3CC(C2)c2cccc(=O)n2C3)C(C)C)C2=C(O)C3(Oc4c(Cl)c(OC)cc(OC)c4C3=O)C(C)CC2=O)ccc1O. The second-order valence-corrected chi connectivity index (χ2v) is 16.1. The number of nitrogens with zero attached hydrogens (tertiary/aromatic N) is 2. The van der Waals surface area contributed by atoms with Gasteiger partial charge in [0.25, 0.3) is 5.56 Å². The normalized spacial score (nSPS) is 23.4. The Balaban J connectivity index is 1.24. The molecule has 1 spiro atoms. The molecule has 15 heteroatoms. The summed E-state index contributed by atoms with van der Waals surface area (Å²) in [5.74, 6) is -5.16. The van der Waals surface area contributed by atoms with Crippen molar-refractivity contribution in [3.63, 3.8) is 0 Å². The predicted octanol–water partition coefficient (Wildman–Crippen LogP) is 4.93. The van der Waals surface area contributed by atoms with E-state index in [0.717, 1.165) is 12.1 Å². The Morgan fingerprint density at radius 2 is 1.70 bits per heavy atom. The van der Waals surface area contributed by atoms with Crippen LogP contribution >= 0.6 is 11.6 Å². The molecule has 7 rings (SSSR count). The number of piperidine rings is 1.